The average molecular weight is 432 g/mol. The fourth-order valence-corrected chi connectivity index (χ4v) is 3.52. The van der Waals surface area contributed by atoms with Crippen molar-refractivity contribution in [3.05, 3.63) is 55.1 Å². The number of rotatable bonds is 5. The Bertz CT molecular complexity index is 624. The average Bonchev–Trinajstić information content (AvgIpc) is 2.83. The molecule has 0 atom stereocenters. The van der Waals surface area contributed by atoms with Gasteiger partial charge in [0.25, 0.3) is 5.91 Å². The molecule has 2 rings (SSSR count). The first-order valence-corrected chi connectivity index (χ1v) is 8.50. The third-order valence-electron chi connectivity index (χ3n) is 2.61. The molecule has 0 spiro atoms. The summed E-state index contributed by atoms with van der Waals surface area (Å²) in [6, 6.07) is 11.3. The van der Waals surface area contributed by atoms with Gasteiger partial charge in [-0.15, -0.1) is 11.3 Å². The van der Waals surface area contributed by atoms with Gasteiger partial charge in [-0.3, -0.25) is 9.59 Å². The summed E-state index contributed by atoms with van der Waals surface area (Å²) in [5.41, 5.74) is 1.02. The predicted molar refractivity (Wildman–Crippen MR) is 90.3 cm³/mol. The lowest BCUT2D eigenvalue weighted by molar-refractivity contribution is -0.120. The molecular weight excluding hydrogens is 420 g/mol. The van der Waals surface area contributed by atoms with Crippen LogP contribution in [0.2, 0.25) is 0 Å². The summed E-state index contributed by atoms with van der Waals surface area (Å²) in [4.78, 5) is 24.1. The summed E-state index contributed by atoms with van der Waals surface area (Å²) in [5, 5.41) is 5.35. The Hall–Kier alpha value is -1.18. The Morgan fingerprint density at radius 3 is 2.43 bits per heavy atom. The van der Waals surface area contributed by atoms with E-state index in [0.29, 0.717) is 11.4 Å². The molecule has 0 aliphatic heterocycles. The van der Waals surface area contributed by atoms with E-state index in [4.69, 9.17) is 0 Å². The van der Waals surface area contributed by atoms with Crippen molar-refractivity contribution < 1.29 is 9.59 Å². The van der Waals surface area contributed by atoms with Crippen LogP contribution >= 0.6 is 43.2 Å². The molecule has 0 aliphatic rings. The molecule has 0 aliphatic carbocycles. The van der Waals surface area contributed by atoms with Gasteiger partial charge in [0, 0.05) is 11.0 Å². The van der Waals surface area contributed by atoms with Crippen LogP contribution in [0.5, 0.6) is 0 Å². The lowest BCUT2D eigenvalue weighted by atomic mass is 10.2. The van der Waals surface area contributed by atoms with Crippen LogP contribution in [0.1, 0.15) is 15.2 Å². The van der Waals surface area contributed by atoms with Gasteiger partial charge < -0.3 is 10.6 Å². The van der Waals surface area contributed by atoms with E-state index in [-0.39, 0.29) is 18.4 Å². The molecule has 2 N–H and O–H groups in total. The molecule has 0 unspecified atom stereocenters. The molecule has 4 nitrogen and oxygen atoms in total. The van der Waals surface area contributed by atoms with Crippen molar-refractivity contribution in [1.29, 1.82) is 0 Å². The fraction of sp³-hybridized carbons (Fsp3) is 0.143. The Labute approximate surface area is 143 Å². The van der Waals surface area contributed by atoms with Crippen LogP contribution in [0, 0.1) is 0 Å². The zero-order chi connectivity index (χ0) is 15.2. The van der Waals surface area contributed by atoms with Gasteiger partial charge in [-0.2, -0.15) is 0 Å². The van der Waals surface area contributed by atoms with Crippen LogP contribution in [-0.2, 0) is 11.3 Å². The molecule has 0 saturated carbocycles. The number of thiophene rings is 1. The van der Waals surface area contributed by atoms with E-state index in [1.54, 1.807) is 6.07 Å². The van der Waals surface area contributed by atoms with E-state index in [0.717, 1.165) is 13.8 Å². The maximum atomic E-state index is 11.9. The van der Waals surface area contributed by atoms with Crippen molar-refractivity contribution in [2.75, 3.05) is 6.54 Å². The summed E-state index contributed by atoms with van der Waals surface area (Å²) in [5.74, 6) is -0.483. The Morgan fingerprint density at radius 1 is 1.10 bits per heavy atom. The number of carbonyl (C=O) groups excluding carboxylic acids is 2. The van der Waals surface area contributed by atoms with Crippen LogP contribution in [0.15, 0.2) is 44.7 Å². The first kappa shape index (κ1) is 16.2. The molecular formula is C14H12Br2N2O2S. The molecule has 21 heavy (non-hydrogen) atoms. The molecule has 2 aromatic rings. The molecule has 0 radical (unpaired) electrons. The number of nitrogens with one attached hydrogen (secondary N) is 2. The number of amides is 2. The summed E-state index contributed by atoms with van der Waals surface area (Å²) in [6.45, 7) is 0.407. The Kier molecular flexibility index (Phi) is 5.96. The third kappa shape index (κ3) is 4.94. The zero-order valence-electron chi connectivity index (χ0n) is 10.9. The molecule has 7 heteroatoms. The van der Waals surface area contributed by atoms with Crippen LogP contribution in [0.4, 0.5) is 0 Å². The minimum Gasteiger partial charge on any atom is -0.350 e. The van der Waals surface area contributed by atoms with Crippen LogP contribution in [0.25, 0.3) is 0 Å². The van der Waals surface area contributed by atoms with Crippen LogP contribution in [0.3, 0.4) is 0 Å². The van der Waals surface area contributed by atoms with Gasteiger partial charge >= 0.3 is 0 Å². The first-order chi connectivity index (χ1) is 10.1. The fourth-order valence-electron chi connectivity index (χ4n) is 1.57. The van der Waals surface area contributed by atoms with Crippen molar-refractivity contribution in [3.63, 3.8) is 0 Å². The molecule has 0 fully saturated rings. The second-order valence-electron chi connectivity index (χ2n) is 4.18. The Morgan fingerprint density at radius 2 is 1.81 bits per heavy atom. The quantitative estimate of drug-likeness (QED) is 0.762. The smallest absolute Gasteiger partial charge is 0.261 e. The molecule has 1 heterocycles. The highest BCUT2D eigenvalue weighted by Gasteiger charge is 2.12. The van der Waals surface area contributed by atoms with Crippen molar-refractivity contribution in [3.8, 4) is 0 Å². The van der Waals surface area contributed by atoms with Crippen molar-refractivity contribution in [2.45, 2.75) is 6.54 Å². The van der Waals surface area contributed by atoms with Crippen molar-refractivity contribution >= 4 is 55.0 Å². The summed E-state index contributed by atoms with van der Waals surface area (Å²) < 4.78 is 1.67. The SMILES string of the molecule is O=C(CNC(=O)c1cc(Br)c(Br)s1)NCc1ccccc1. The highest BCUT2D eigenvalue weighted by molar-refractivity contribution is 9.13. The van der Waals surface area contributed by atoms with Crippen molar-refractivity contribution in [1.82, 2.24) is 10.6 Å². The second kappa shape index (κ2) is 7.72. The number of benzene rings is 1. The molecule has 2 amide bonds. The Balaban J connectivity index is 1.77. The standard InChI is InChI=1S/C14H12Br2N2O2S/c15-10-6-11(21-13(10)16)14(20)18-8-12(19)17-7-9-4-2-1-3-5-9/h1-6H,7-8H2,(H,17,19)(H,18,20). The van der Waals surface area contributed by atoms with Crippen LogP contribution in [-0.4, -0.2) is 18.4 Å². The van der Waals surface area contributed by atoms with Gasteiger partial charge in [-0.25, -0.2) is 0 Å². The maximum Gasteiger partial charge on any atom is 0.261 e. The van der Waals surface area contributed by atoms with Gasteiger partial charge in [0.05, 0.1) is 15.2 Å². The van der Waals surface area contributed by atoms with Crippen LogP contribution < -0.4 is 10.6 Å². The van der Waals surface area contributed by atoms with Crippen molar-refractivity contribution in [2.24, 2.45) is 0 Å². The van der Waals surface area contributed by atoms with E-state index < -0.39 is 0 Å². The summed E-state index contributed by atoms with van der Waals surface area (Å²) in [6.07, 6.45) is 0. The van der Waals surface area contributed by atoms with E-state index >= 15 is 0 Å². The van der Waals surface area contributed by atoms with E-state index in [1.165, 1.54) is 11.3 Å². The molecule has 1 aromatic carbocycles. The van der Waals surface area contributed by atoms with Gasteiger partial charge in [-0.05, 0) is 43.5 Å². The first-order valence-electron chi connectivity index (χ1n) is 6.10. The lowest BCUT2D eigenvalue weighted by Gasteiger charge is -2.06. The van der Waals surface area contributed by atoms with E-state index in [9.17, 15) is 9.59 Å². The lowest BCUT2D eigenvalue weighted by Crippen LogP contribution is -2.36. The monoisotopic (exact) mass is 430 g/mol. The minimum atomic E-state index is -0.263. The molecule has 110 valence electrons. The zero-order valence-corrected chi connectivity index (χ0v) is 14.8. The number of halogens is 2. The third-order valence-corrected chi connectivity index (χ3v) is 5.87. The number of carbonyl (C=O) groups is 2. The largest absolute Gasteiger partial charge is 0.350 e. The summed E-state index contributed by atoms with van der Waals surface area (Å²) in [7, 11) is 0. The molecule has 1 aromatic heterocycles. The normalized spacial score (nSPS) is 10.2. The highest BCUT2D eigenvalue weighted by Crippen LogP contribution is 2.32. The number of hydrogen-bond acceptors (Lipinski definition) is 3. The van der Waals surface area contributed by atoms with Gasteiger partial charge in [0.15, 0.2) is 0 Å². The molecule has 0 bridgehead atoms. The van der Waals surface area contributed by atoms with E-state index in [1.807, 2.05) is 30.3 Å². The summed E-state index contributed by atoms with van der Waals surface area (Å²) >= 11 is 7.96. The predicted octanol–water partition coefficient (Wildman–Crippen LogP) is 3.32. The van der Waals surface area contributed by atoms with Gasteiger partial charge in [-0.1, -0.05) is 30.3 Å². The van der Waals surface area contributed by atoms with Gasteiger partial charge in [0.1, 0.15) is 0 Å². The highest BCUT2D eigenvalue weighted by atomic mass is 79.9. The molecule has 0 saturated heterocycles. The van der Waals surface area contributed by atoms with E-state index in [2.05, 4.69) is 42.5 Å². The topological polar surface area (TPSA) is 58.2 Å². The maximum absolute atomic E-state index is 11.9. The second-order valence-corrected chi connectivity index (χ2v) is 7.40. The number of hydrogen-bond donors (Lipinski definition) is 2. The van der Waals surface area contributed by atoms with Gasteiger partial charge in [0.2, 0.25) is 5.91 Å². The minimum absolute atomic E-state index is 0.0429.